The third kappa shape index (κ3) is 5.98. The molecule has 1 aliphatic heterocycles. The fraction of sp³-hybridized carbons (Fsp3) is 0.500. The molecule has 0 radical (unpaired) electrons. The van der Waals surface area contributed by atoms with E-state index in [0.29, 0.717) is 55.1 Å². The van der Waals surface area contributed by atoms with E-state index in [9.17, 15) is 4.91 Å². The van der Waals surface area contributed by atoms with Gasteiger partial charge in [-0.3, -0.25) is 0 Å². The number of aromatic nitrogens is 2. The summed E-state index contributed by atoms with van der Waals surface area (Å²) in [7, 11) is 0. The Bertz CT molecular complexity index is 940. The van der Waals surface area contributed by atoms with Crippen LogP contribution in [0.5, 0.6) is 5.75 Å². The standard InChI is InChI=1S/C22H31N7O3/c1-22(2,3)27-20-18(13-24)21(29-7-9-31-10-8-29)26-19(25-20)15-5-4-6-17(11-15)32-14-16(12-23)28-30/h4-6,11,13,16,24H,7-10,12,14,23H2,1-3H3,(H,25,26,27)/t16-/m0/s1. The molecule has 2 heterocycles. The van der Waals surface area contributed by atoms with Gasteiger partial charge in [0.2, 0.25) is 0 Å². The number of ether oxygens (including phenoxy) is 2. The molecule has 0 spiro atoms. The lowest BCUT2D eigenvalue weighted by molar-refractivity contribution is 0.122. The lowest BCUT2D eigenvalue weighted by Gasteiger charge is -2.31. The lowest BCUT2D eigenvalue weighted by atomic mass is 10.1. The Kier molecular flexibility index (Phi) is 7.70. The van der Waals surface area contributed by atoms with Gasteiger partial charge in [0.25, 0.3) is 0 Å². The molecule has 1 saturated heterocycles. The van der Waals surface area contributed by atoms with Crippen molar-refractivity contribution in [3.05, 3.63) is 34.7 Å². The van der Waals surface area contributed by atoms with E-state index in [1.165, 1.54) is 6.21 Å². The molecule has 1 aromatic carbocycles. The maximum atomic E-state index is 10.8. The summed E-state index contributed by atoms with van der Waals surface area (Å²) in [5.74, 6) is 2.37. The van der Waals surface area contributed by atoms with Gasteiger partial charge in [-0.05, 0) is 32.9 Å². The summed E-state index contributed by atoms with van der Waals surface area (Å²) in [6.45, 7) is 8.95. The highest BCUT2D eigenvalue weighted by atomic mass is 16.5. The lowest BCUT2D eigenvalue weighted by Crippen LogP contribution is -2.38. The summed E-state index contributed by atoms with van der Waals surface area (Å²) in [6.07, 6.45) is 1.29. The van der Waals surface area contributed by atoms with E-state index >= 15 is 0 Å². The second kappa shape index (κ2) is 10.5. The normalized spacial score (nSPS) is 15.2. The van der Waals surface area contributed by atoms with Crippen LogP contribution in [0.25, 0.3) is 11.4 Å². The summed E-state index contributed by atoms with van der Waals surface area (Å²) in [5, 5.41) is 14.4. The maximum Gasteiger partial charge on any atom is 0.164 e. The smallest absolute Gasteiger partial charge is 0.164 e. The molecular formula is C22H31N7O3. The summed E-state index contributed by atoms with van der Waals surface area (Å²) in [4.78, 5) is 22.5. The van der Waals surface area contributed by atoms with Crippen LogP contribution < -0.4 is 20.7 Å². The minimum absolute atomic E-state index is 0.104. The number of benzene rings is 1. The van der Waals surface area contributed by atoms with Gasteiger partial charge in [-0.2, -0.15) is 4.91 Å². The fourth-order valence-electron chi connectivity index (χ4n) is 3.25. The first kappa shape index (κ1) is 23.6. The molecule has 0 saturated carbocycles. The third-order valence-electron chi connectivity index (χ3n) is 4.83. The molecule has 2 aromatic rings. The van der Waals surface area contributed by atoms with Gasteiger partial charge in [0.15, 0.2) is 5.82 Å². The van der Waals surface area contributed by atoms with Crippen molar-refractivity contribution in [2.24, 2.45) is 10.9 Å². The minimum atomic E-state index is -0.600. The predicted octanol–water partition coefficient (Wildman–Crippen LogP) is 2.66. The molecule has 1 aromatic heterocycles. The van der Waals surface area contributed by atoms with E-state index in [2.05, 4.69) is 15.4 Å². The van der Waals surface area contributed by atoms with E-state index in [4.69, 9.17) is 30.6 Å². The van der Waals surface area contributed by atoms with Crippen molar-refractivity contribution in [3.8, 4) is 17.1 Å². The van der Waals surface area contributed by atoms with Crippen molar-refractivity contribution in [2.75, 3.05) is 49.7 Å². The topological polar surface area (TPSA) is 139 Å². The number of nitrogens with one attached hydrogen (secondary N) is 2. The average molecular weight is 442 g/mol. The van der Waals surface area contributed by atoms with E-state index in [1.54, 1.807) is 6.07 Å². The van der Waals surface area contributed by atoms with Crippen LogP contribution in [0.4, 0.5) is 11.6 Å². The number of anilines is 2. The van der Waals surface area contributed by atoms with Crippen molar-refractivity contribution in [1.82, 2.24) is 9.97 Å². The van der Waals surface area contributed by atoms with Crippen molar-refractivity contribution < 1.29 is 9.47 Å². The van der Waals surface area contributed by atoms with Crippen LogP contribution >= 0.6 is 0 Å². The van der Waals surface area contributed by atoms with Crippen LogP contribution in [0.1, 0.15) is 26.3 Å². The summed E-state index contributed by atoms with van der Waals surface area (Å²) < 4.78 is 11.2. The van der Waals surface area contributed by atoms with Crippen LogP contribution in [-0.4, -0.2) is 67.2 Å². The van der Waals surface area contributed by atoms with Crippen LogP contribution in [0, 0.1) is 10.3 Å². The van der Waals surface area contributed by atoms with Gasteiger partial charge in [0.05, 0.1) is 18.8 Å². The Morgan fingerprint density at radius 1 is 1.34 bits per heavy atom. The summed E-state index contributed by atoms with van der Waals surface area (Å²) in [6, 6.07) is 6.76. The van der Waals surface area contributed by atoms with Gasteiger partial charge < -0.3 is 30.8 Å². The molecule has 3 rings (SSSR count). The quantitative estimate of drug-likeness (QED) is 0.399. The van der Waals surface area contributed by atoms with Gasteiger partial charge >= 0.3 is 0 Å². The molecule has 0 aliphatic carbocycles. The molecule has 1 aliphatic rings. The zero-order valence-electron chi connectivity index (χ0n) is 18.8. The third-order valence-corrected chi connectivity index (χ3v) is 4.83. The van der Waals surface area contributed by atoms with Gasteiger partial charge in [-0.25, -0.2) is 9.97 Å². The van der Waals surface area contributed by atoms with Gasteiger partial charge in [0, 0.05) is 37.0 Å². The molecule has 1 atom stereocenters. The number of nitroso groups, excluding NO2 is 1. The SMILES string of the molecule is CC(C)(C)Nc1nc(-c2cccc(OC[C@H](CN)N=O)c2)nc(N2CCOCC2)c1C=N. The zero-order valence-corrected chi connectivity index (χ0v) is 18.8. The Morgan fingerprint density at radius 3 is 2.72 bits per heavy atom. The van der Waals surface area contributed by atoms with Crippen molar-refractivity contribution in [2.45, 2.75) is 32.4 Å². The van der Waals surface area contributed by atoms with Crippen LogP contribution in [0.2, 0.25) is 0 Å². The Labute approximate surface area is 188 Å². The molecule has 10 heteroatoms. The molecule has 0 bridgehead atoms. The molecule has 172 valence electrons. The Hall–Kier alpha value is -3.11. The van der Waals surface area contributed by atoms with Gasteiger partial charge in [-0.1, -0.05) is 17.3 Å². The highest BCUT2D eigenvalue weighted by Crippen LogP contribution is 2.30. The molecule has 10 nitrogen and oxygen atoms in total. The highest BCUT2D eigenvalue weighted by Gasteiger charge is 2.23. The largest absolute Gasteiger partial charge is 0.491 e. The van der Waals surface area contributed by atoms with Crippen LogP contribution in [-0.2, 0) is 4.74 Å². The first-order chi connectivity index (χ1) is 15.3. The monoisotopic (exact) mass is 441 g/mol. The van der Waals surface area contributed by atoms with E-state index in [0.717, 1.165) is 5.56 Å². The molecule has 0 unspecified atom stereocenters. The number of morpholine rings is 1. The average Bonchev–Trinajstić information content (AvgIpc) is 2.79. The minimum Gasteiger partial charge on any atom is -0.491 e. The van der Waals surface area contributed by atoms with Crippen LogP contribution in [0.3, 0.4) is 0 Å². The predicted molar refractivity (Wildman–Crippen MR) is 126 cm³/mol. The van der Waals surface area contributed by atoms with Crippen LogP contribution in [0.15, 0.2) is 29.4 Å². The summed E-state index contributed by atoms with van der Waals surface area (Å²) in [5.41, 5.74) is 6.66. The van der Waals surface area contributed by atoms with Gasteiger partial charge in [-0.15, -0.1) is 0 Å². The second-order valence-corrected chi connectivity index (χ2v) is 8.59. The van der Waals surface area contributed by atoms with Crippen molar-refractivity contribution in [1.29, 1.82) is 5.41 Å². The maximum absolute atomic E-state index is 10.8. The first-order valence-electron chi connectivity index (χ1n) is 10.6. The molecule has 32 heavy (non-hydrogen) atoms. The zero-order chi connectivity index (χ0) is 23.1. The molecular weight excluding hydrogens is 410 g/mol. The highest BCUT2D eigenvalue weighted by molar-refractivity contribution is 5.92. The van der Waals surface area contributed by atoms with E-state index in [1.807, 2.05) is 39.0 Å². The number of hydrogen-bond donors (Lipinski definition) is 3. The van der Waals surface area contributed by atoms with Gasteiger partial charge in [0.1, 0.15) is 30.0 Å². The molecule has 0 amide bonds. The van der Waals surface area contributed by atoms with Crippen molar-refractivity contribution >= 4 is 17.9 Å². The Morgan fingerprint density at radius 2 is 2.09 bits per heavy atom. The Balaban J connectivity index is 2.01. The fourth-order valence-corrected chi connectivity index (χ4v) is 3.25. The number of nitrogens with two attached hydrogens (primary N) is 1. The van der Waals surface area contributed by atoms with E-state index < -0.39 is 6.04 Å². The first-order valence-corrected chi connectivity index (χ1v) is 10.6. The molecule has 1 fully saturated rings. The number of rotatable bonds is 9. The van der Waals surface area contributed by atoms with Crippen molar-refractivity contribution in [3.63, 3.8) is 0 Å². The summed E-state index contributed by atoms with van der Waals surface area (Å²) >= 11 is 0. The molecule has 4 N–H and O–H groups in total. The second-order valence-electron chi connectivity index (χ2n) is 8.59. The number of hydrogen-bond acceptors (Lipinski definition) is 10. The van der Waals surface area contributed by atoms with E-state index in [-0.39, 0.29) is 18.7 Å². The number of nitrogens with zero attached hydrogens (tertiary/aromatic N) is 4.